The summed E-state index contributed by atoms with van der Waals surface area (Å²) in [7, 11) is 1.99. The Hall–Kier alpha value is -2.18. The Bertz CT molecular complexity index is 704. The van der Waals surface area contributed by atoms with Gasteiger partial charge in [0.1, 0.15) is 5.82 Å². The molecule has 0 aliphatic carbocycles. The zero-order valence-electron chi connectivity index (χ0n) is 18.3. The Morgan fingerprint density at radius 1 is 1.03 bits per heavy atom. The molecule has 0 atom stereocenters. The van der Waals surface area contributed by atoms with E-state index < -0.39 is 0 Å². The fraction of sp³-hybridized carbons (Fsp3) is 0.565. The highest BCUT2D eigenvalue weighted by Gasteiger charge is 2.06. The number of nitrogens with one attached hydrogen (secondary N) is 2. The van der Waals surface area contributed by atoms with Crippen LogP contribution in [-0.2, 0) is 20.1 Å². The summed E-state index contributed by atoms with van der Waals surface area (Å²) in [5, 5.41) is 6.42. The summed E-state index contributed by atoms with van der Waals surface area (Å²) in [4.78, 5) is 19.1. The Morgan fingerprint density at radius 2 is 1.76 bits per heavy atom. The average Bonchev–Trinajstić information content (AvgIpc) is 3.13. The van der Waals surface area contributed by atoms with Crippen LogP contribution in [0.25, 0.3) is 0 Å². The van der Waals surface area contributed by atoms with Gasteiger partial charge in [-0.15, -0.1) is 0 Å². The van der Waals surface area contributed by atoms with Crippen molar-refractivity contribution in [2.75, 3.05) is 26.2 Å². The van der Waals surface area contributed by atoms with Crippen LogP contribution in [0, 0.1) is 0 Å². The van der Waals surface area contributed by atoms with Crippen molar-refractivity contribution in [1.29, 1.82) is 0 Å². The molecule has 160 valence electrons. The van der Waals surface area contributed by atoms with Gasteiger partial charge in [0.15, 0.2) is 0 Å². The van der Waals surface area contributed by atoms with Crippen molar-refractivity contribution < 1.29 is 4.79 Å². The zero-order chi connectivity index (χ0) is 20.9. The fourth-order valence-corrected chi connectivity index (χ4v) is 3.39. The summed E-state index contributed by atoms with van der Waals surface area (Å²) in [6, 6.07) is 7.82. The maximum atomic E-state index is 12.3. The highest BCUT2D eigenvalue weighted by Crippen LogP contribution is 2.05. The van der Waals surface area contributed by atoms with E-state index in [9.17, 15) is 4.79 Å². The highest BCUT2D eigenvalue weighted by molar-refractivity contribution is 5.94. The quantitative estimate of drug-likeness (QED) is 0.478. The van der Waals surface area contributed by atoms with Crippen LogP contribution in [0.3, 0.4) is 0 Å². The van der Waals surface area contributed by atoms with E-state index in [-0.39, 0.29) is 5.91 Å². The second-order valence-corrected chi connectivity index (χ2v) is 7.56. The molecule has 0 bridgehead atoms. The molecule has 0 fully saturated rings. The predicted molar refractivity (Wildman–Crippen MR) is 119 cm³/mol. The molecule has 0 aliphatic rings. The molecule has 6 heteroatoms. The number of amides is 1. The Labute approximate surface area is 175 Å². The second kappa shape index (κ2) is 13.1. The van der Waals surface area contributed by atoms with Gasteiger partial charge >= 0.3 is 0 Å². The minimum atomic E-state index is 0.0106. The van der Waals surface area contributed by atoms with E-state index in [0.717, 1.165) is 56.0 Å². The van der Waals surface area contributed by atoms with Gasteiger partial charge in [0.05, 0.1) is 6.54 Å². The van der Waals surface area contributed by atoms with E-state index in [1.54, 1.807) is 6.20 Å². The topological polar surface area (TPSA) is 62.2 Å². The van der Waals surface area contributed by atoms with Gasteiger partial charge in [0.2, 0.25) is 0 Å². The minimum Gasteiger partial charge on any atom is -0.352 e. The van der Waals surface area contributed by atoms with Gasteiger partial charge in [-0.2, -0.15) is 0 Å². The molecule has 1 heterocycles. The number of carbonyl (C=O) groups excluding carboxylic acids is 1. The Balaban J connectivity index is 1.64. The number of hydrogen-bond donors (Lipinski definition) is 2. The molecule has 0 saturated carbocycles. The van der Waals surface area contributed by atoms with Crippen molar-refractivity contribution in [3.05, 3.63) is 53.6 Å². The summed E-state index contributed by atoms with van der Waals surface area (Å²) < 4.78 is 2.01. The number of benzene rings is 1. The first-order valence-corrected chi connectivity index (χ1v) is 10.9. The third kappa shape index (κ3) is 8.38. The second-order valence-electron chi connectivity index (χ2n) is 7.56. The molecule has 0 saturated heterocycles. The average molecular weight is 400 g/mol. The normalized spacial score (nSPS) is 11.2. The van der Waals surface area contributed by atoms with Gasteiger partial charge in [-0.3, -0.25) is 4.79 Å². The van der Waals surface area contributed by atoms with E-state index in [0.29, 0.717) is 0 Å². The van der Waals surface area contributed by atoms with Crippen LogP contribution in [0.15, 0.2) is 36.7 Å². The molecule has 1 aromatic heterocycles. The maximum absolute atomic E-state index is 12.3. The molecule has 29 heavy (non-hydrogen) atoms. The zero-order valence-corrected chi connectivity index (χ0v) is 18.3. The molecule has 0 radical (unpaired) electrons. The lowest BCUT2D eigenvalue weighted by Crippen LogP contribution is -2.28. The first kappa shape index (κ1) is 23.1. The van der Waals surface area contributed by atoms with E-state index in [1.807, 2.05) is 42.1 Å². The van der Waals surface area contributed by atoms with Crippen molar-refractivity contribution in [2.24, 2.45) is 7.05 Å². The minimum absolute atomic E-state index is 0.0106. The van der Waals surface area contributed by atoms with Gasteiger partial charge in [0.25, 0.3) is 5.91 Å². The van der Waals surface area contributed by atoms with Crippen molar-refractivity contribution in [3.8, 4) is 0 Å². The number of imidazole rings is 1. The SMILES string of the molecule is CCCN(CCC)CCCCNC(=O)c1ccc(CNCc2nccn2C)cc1. The highest BCUT2D eigenvalue weighted by atomic mass is 16.1. The largest absolute Gasteiger partial charge is 0.352 e. The fourth-order valence-electron chi connectivity index (χ4n) is 3.39. The van der Waals surface area contributed by atoms with Crippen molar-refractivity contribution >= 4 is 5.91 Å². The van der Waals surface area contributed by atoms with E-state index in [2.05, 4.69) is 34.4 Å². The molecule has 1 amide bonds. The summed E-state index contributed by atoms with van der Waals surface area (Å²) in [5.74, 6) is 1.02. The molecule has 0 spiro atoms. The van der Waals surface area contributed by atoms with Gasteiger partial charge in [-0.05, 0) is 63.0 Å². The molecule has 2 aromatic rings. The number of nitrogens with zero attached hydrogens (tertiary/aromatic N) is 3. The Morgan fingerprint density at radius 3 is 2.38 bits per heavy atom. The number of aromatic nitrogens is 2. The summed E-state index contributed by atoms with van der Waals surface area (Å²) in [5.41, 5.74) is 1.87. The first-order chi connectivity index (χ1) is 14.1. The smallest absolute Gasteiger partial charge is 0.251 e. The van der Waals surface area contributed by atoms with E-state index in [1.165, 1.54) is 25.9 Å². The summed E-state index contributed by atoms with van der Waals surface area (Å²) >= 11 is 0. The van der Waals surface area contributed by atoms with Crippen LogP contribution in [0.4, 0.5) is 0 Å². The molecular weight excluding hydrogens is 362 g/mol. The molecule has 2 rings (SSSR count). The monoisotopic (exact) mass is 399 g/mol. The molecular formula is C23H37N5O. The summed E-state index contributed by atoms with van der Waals surface area (Å²) in [6.07, 6.45) is 8.29. The van der Waals surface area contributed by atoms with Crippen molar-refractivity contribution in [1.82, 2.24) is 25.1 Å². The van der Waals surface area contributed by atoms with Crippen molar-refractivity contribution in [2.45, 2.75) is 52.6 Å². The van der Waals surface area contributed by atoms with Crippen LogP contribution < -0.4 is 10.6 Å². The molecule has 2 N–H and O–H groups in total. The van der Waals surface area contributed by atoms with Gasteiger partial charge in [0, 0.05) is 38.1 Å². The van der Waals surface area contributed by atoms with Crippen LogP contribution in [-0.4, -0.2) is 46.5 Å². The summed E-state index contributed by atoms with van der Waals surface area (Å²) in [6.45, 7) is 10.1. The first-order valence-electron chi connectivity index (χ1n) is 10.9. The predicted octanol–water partition coefficient (Wildman–Crippen LogP) is 3.34. The Kier molecular flexibility index (Phi) is 10.5. The van der Waals surface area contributed by atoms with E-state index in [4.69, 9.17) is 0 Å². The number of hydrogen-bond acceptors (Lipinski definition) is 4. The maximum Gasteiger partial charge on any atom is 0.251 e. The lowest BCUT2D eigenvalue weighted by atomic mass is 10.1. The molecule has 0 unspecified atom stereocenters. The van der Waals surface area contributed by atoms with Crippen LogP contribution >= 0.6 is 0 Å². The number of aryl methyl sites for hydroxylation is 1. The van der Waals surface area contributed by atoms with Gasteiger partial charge in [-0.25, -0.2) is 4.98 Å². The third-order valence-corrected chi connectivity index (χ3v) is 5.02. The number of carbonyl (C=O) groups is 1. The van der Waals surface area contributed by atoms with Crippen LogP contribution in [0.5, 0.6) is 0 Å². The lowest BCUT2D eigenvalue weighted by molar-refractivity contribution is 0.0952. The third-order valence-electron chi connectivity index (χ3n) is 5.02. The van der Waals surface area contributed by atoms with Gasteiger partial charge < -0.3 is 20.1 Å². The van der Waals surface area contributed by atoms with E-state index >= 15 is 0 Å². The molecule has 6 nitrogen and oxygen atoms in total. The van der Waals surface area contributed by atoms with Crippen molar-refractivity contribution in [3.63, 3.8) is 0 Å². The van der Waals surface area contributed by atoms with Crippen LogP contribution in [0.2, 0.25) is 0 Å². The lowest BCUT2D eigenvalue weighted by Gasteiger charge is -2.20. The number of unbranched alkanes of at least 4 members (excludes halogenated alkanes) is 1. The van der Waals surface area contributed by atoms with Crippen LogP contribution in [0.1, 0.15) is 61.3 Å². The van der Waals surface area contributed by atoms with Gasteiger partial charge in [-0.1, -0.05) is 26.0 Å². The number of rotatable bonds is 14. The standard InChI is InChI=1S/C23H37N5O/c1-4-14-28(15-5-2)16-7-6-12-26-23(29)21-10-8-20(9-11-21)18-24-19-22-25-13-17-27(22)3/h8-11,13,17,24H,4-7,12,14-16,18-19H2,1-3H3,(H,26,29). The molecule has 1 aromatic carbocycles. The molecule has 0 aliphatic heterocycles.